The Balaban J connectivity index is 1.63. The number of nitrogens with zero attached hydrogens (tertiary/aromatic N) is 2. The van der Waals surface area contributed by atoms with Crippen LogP contribution in [0.15, 0.2) is 66.4 Å². The molecule has 0 fully saturated rings. The summed E-state index contributed by atoms with van der Waals surface area (Å²) < 4.78 is 5.79. The van der Waals surface area contributed by atoms with Crippen molar-refractivity contribution in [2.45, 2.75) is 0 Å². The molecule has 2 heterocycles. The zero-order valence-corrected chi connectivity index (χ0v) is 13.1. The van der Waals surface area contributed by atoms with Crippen molar-refractivity contribution in [2.75, 3.05) is 25.1 Å². The molecule has 1 aliphatic rings. The summed E-state index contributed by atoms with van der Waals surface area (Å²) in [7, 11) is 2.13. The molecule has 0 unspecified atom stereocenters. The van der Waals surface area contributed by atoms with Gasteiger partial charge in [0.1, 0.15) is 6.61 Å². The van der Waals surface area contributed by atoms with Crippen LogP contribution in [-0.2, 0) is 0 Å². The average molecular weight is 302 g/mol. The van der Waals surface area contributed by atoms with Crippen molar-refractivity contribution in [1.29, 1.82) is 0 Å². The SMILES string of the molecule is CN1CC(COc2ccccn2)=Cc2cc3ccccc3cc21. The van der Waals surface area contributed by atoms with Gasteiger partial charge in [-0.1, -0.05) is 30.3 Å². The topological polar surface area (TPSA) is 25.4 Å². The molecule has 0 saturated heterocycles. The normalized spacial score (nSPS) is 13.6. The lowest BCUT2D eigenvalue weighted by Gasteiger charge is -2.28. The van der Waals surface area contributed by atoms with Crippen LogP contribution >= 0.6 is 0 Å². The molecule has 0 N–H and O–H groups in total. The van der Waals surface area contributed by atoms with Gasteiger partial charge in [-0.05, 0) is 46.2 Å². The molecular formula is C20H18N2O. The predicted octanol–water partition coefficient (Wildman–Crippen LogP) is 4.15. The second-order valence-electron chi connectivity index (χ2n) is 5.87. The largest absolute Gasteiger partial charge is 0.473 e. The average Bonchev–Trinajstić information content (AvgIpc) is 2.59. The van der Waals surface area contributed by atoms with Crippen LogP contribution in [0.25, 0.3) is 16.8 Å². The lowest BCUT2D eigenvalue weighted by molar-refractivity contribution is 0.337. The number of anilines is 1. The van der Waals surface area contributed by atoms with E-state index in [2.05, 4.69) is 59.4 Å². The molecule has 114 valence electrons. The van der Waals surface area contributed by atoms with Gasteiger partial charge in [0.05, 0.1) is 0 Å². The fourth-order valence-corrected chi connectivity index (χ4v) is 3.03. The minimum Gasteiger partial charge on any atom is -0.473 e. The number of fused-ring (bicyclic) bond motifs is 2. The Kier molecular flexibility index (Phi) is 3.46. The number of pyridine rings is 1. The highest BCUT2D eigenvalue weighted by Crippen LogP contribution is 2.32. The molecule has 1 aromatic heterocycles. The zero-order valence-electron chi connectivity index (χ0n) is 13.1. The van der Waals surface area contributed by atoms with Gasteiger partial charge in [0, 0.05) is 31.5 Å². The fraction of sp³-hybridized carbons (Fsp3) is 0.150. The Morgan fingerprint density at radius 3 is 2.61 bits per heavy atom. The van der Waals surface area contributed by atoms with Crippen LogP contribution in [0.3, 0.4) is 0 Å². The van der Waals surface area contributed by atoms with E-state index in [0.29, 0.717) is 12.5 Å². The molecule has 1 aliphatic heterocycles. The van der Waals surface area contributed by atoms with Crippen molar-refractivity contribution in [1.82, 2.24) is 4.98 Å². The Morgan fingerprint density at radius 2 is 1.83 bits per heavy atom. The van der Waals surface area contributed by atoms with Crippen LogP contribution in [0.4, 0.5) is 5.69 Å². The van der Waals surface area contributed by atoms with E-state index < -0.39 is 0 Å². The van der Waals surface area contributed by atoms with Crippen LogP contribution in [0.2, 0.25) is 0 Å². The molecule has 3 nitrogen and oxygen atoms in total. The lowest BCUT2D eigenvalue weighted by Crippen LogP contribution is -2.26. The molecule has 0 spiro atoms. The second-order valence-corrected chi connectivity index (χ2v) is 5.87. The molecule has 0 aliphatic carbocycles. The van der Waals surface area contributed by atoms with E-state index in [9.17, 15) is 0 Å². The number of benzene rings is 2. The van der Waals surface area contributed by atoms with Gasteiger partial charge < -0.3 is 9.64 Å². The number of likely N-dealkylation sites (N-methyl/N-ethyl adjacent to an activating group) is 1. The minimum atomic E-state index is 0.563. The molecule has 0 atom stereocenters. The van der Waals surface area contributed by atoms with Crippen molar-refractivity contribution in [3.8, 4) is 5.88 Å². The third-order valence-corrected chi connectivity index (χ3v) is 4.15. The fourth-order valence-electron chi connectivity index (χ4n) is 3.03. The van der Waals surface area contributed by atoms with Crippen LogP contribution in [0.1, 0.15) is 5.56 Å². The Morgan fingerprint density at radius 1 is 1.04 bits per heavy atom. The summed E-state index contributed by atoms with van der Waals surface area (Å²) in [6, 6.07) is 18.7. The maximum absolute atomic E-state index is 5.79. The quantitative estimate of drug-likeness (QED) is 0.727. The van der Waals surface area contributed by atoms with Gasteiger partial charge in [-0.2, -0.15) is 0 Å². The molecule has 0 saturated carbocycles. The first-order chi connectivity index (χ1) is 11.3. The maximum atomic E-state index is 5.79. The molecule has 3 heteroatoms. The smallest absolute Gasteiger partial charge is 0.213 e. The summed E-state index contributed by atoms with van der Waals surface area (Å²) in [4.78, 5) is 6.48. The molecule has 3 aromatic rings. The maximum Gasteiger partial charge on any atom is 0.213 e. The predicted molar refractivity (Wildman–Crippen MR) is 94.9 cm³/mol. The highest BCUT2D eigenvalue weighted by Gasteiger charge is 2.16. The minimum absolute atomic E-state index is 0.563. The van der Waals surface area contributed by atoms with Crippen LogP contribution in [0.5, 0.6) is 5.88 Å². The van der Waals surface area contributed by atoms with Gasteiger partial charge >= 0.3 is 0 Å². The number of hydrogen-bond donors (Lipinski definition) is 0. The third-order valence-electron chi connectivity index (χ3n) is 4.15. The second kappa shape index (κ2) is 5.76. The van der Waals surface area contributed by atoms with Gasteiger partial charge in [0.2, 0.25) is 5.88 Å². The first kappa shape index (κ1) is 13.8. The molecule has 0 radical (unpaired) electrons. The summed E-state index contributed by atoms with van der Waals surface area (Å²) in [5.41, 5.74) is 3.77. The van der Waals surface area contributed by atoms with Gasteiger partial charge in [-0.25, -0.2) is 4.98 Å². The molecule has 2 aromatic carbocycles. The van der Waals surface area contributed by atoms with Crippen LogP contribution in [0, 0.1) is 0 Å². The van der Waals surface area contributed by atoms with Crippen molar-refractivity contribution in [2.24, 2.45) is 0 Å². The standard InChI is InChI=1S/C20H18N2O/c1-22-13-15(14-23-20-8-4-5-9-21-20)10-18-11-16-6-2-3-7-17(16)12-19(18)22/h2-12H,13-14H2,1H3. The number of rotatable bonds is 3. The van der Waals surface area contributed by atoms with E-state index in [1.54, 1.807) is 6.20 Å². The van der Waals surface area contributed by atoms with Gasteiger partial charge in [0.15, 0.2) is 0 Å². The van der Waals surface area contributed by atoms with Gasteiger partial charge in [-0.3, -0.25) is 0 Å². The highest BCUT2D eigenvalue weighted by atomic mass is 16.5. The molecule has 4 rings (SSSR count). The van der Waals surface area contributed by atoms with Gasteiger partial charge in [-0.15, -0.1) is 0 Å². The van der Waals surface area contributed by atoms with Crippen LogP contribution in [-0.4, -0.2) is 25.2 Å². The molecule has 0 amide bonds. The number of aromatic nitrogens is 1. The van der Waals surface area contributed by atoms with Crippen molar-refractivity contribution >= 4 is 22.5 Å². The molecule has 23 heavy (non-hydrogen) atoms. The van der Waals surface area contributed by atoms with Gasteiger partial charge in [0.25, 0.3) is 0 Å². The molecule has 0 bridgehead atoms. The summed E-state index contributed by atoms with van der Waals surface area (Å²) in [6.07, 6.45) is 3.99. The zero-order chi connectivity index (χ0) is 15.6. The van der Waals surface area contributed by atoms with Crippen molar-refractivity contribution in [3.05, 3.63) is 71.9 Å². The monoisotopic (exact) mass is 302 g/mol. The van der Waals surface area contributed by atoms with Crippen molar-refractivity contribution in [3.63, 3.8) is 0 Å². The summed E-state index contributed by atoms with van der Waals surface area (Å²) in [5.74, 6) is 0.667. The lowest BCUT2D eigenvalue weighted by atomic mass is 9.99. The Labute approximate surface area is 135 Å². The summed E-state index contributed by atoms with van der Waals surface area (Å²) in [5, 5.41) is 2.54. The van der Waals surface area contributed by atoms with E-state index in [4.69, 9.17) is 4.74 Å². The van der Waals surface area contributed by atoms with E-state index in [-0.39, 0.29) is 0 Å². The van der Waals surface area contributed by atoms with E-state index in [1.807, 2.05) is 18.2 Å². The number of hydrogen-bond acceptors (Lipinski definition) is 3. The van der Waals surface area contributed by atoms with Crippen molar-refractivity contribution < 1.29 is 4.74 Å². The Bertz CT molecular complexity index is 871. The van der Waals surface area contributed by atoms with E-state index in [0.717, 1.165) is 6.54 Å². The van der Waals surface area contributed by atoms with E-state index >= 15 is 0 Å². The van der Waals surface area contributed by atoms with E-state index in [1.165, 1.54) is 27.6 Å². The molecular weight excluding hydrogens is 284 g/mol. The van der Waals surface area contributed by atoms with Crippen LogP contribution < -0.4 is 9.64 Å². The summed E-state index contributed by atoms with van der Waals surface area (Å²) in [6.45, 7) is 1.44. The summed E-state index contributed by atoms with van der Waals surface area (Å²) >= 11 is 0. The Hall–Kier alpha value is -2.81. The third kappa shape index (κ3) is 2.78. The number of ether oxygens (including phenoxy) is 1. The first-order valence-corrected chi connectivity index (χ1v) is 7.77. The highest BCUT2D eigenvalue weighted by molar-refractivity contribution is 5.91. The first-order valence-electron chi connectivity index (χ1n) is 7.77.